The lowest BCUT2D eigenvalue weighted by Gasteiger charge is -2.31. The molecule has 0 aliphatic carbocycles. The molecule has 1 N–H and O–H groups in total. The number of anilines is 2. The van der Waals surface area contributed by atoms with Crippen molar-refractivity contribution in [2.24, 2.45) is 0 Å². The van der Waals surface area contributed by atoms with Crippen LogP contribution in [0.5, 0.6) is 0 Å². The molecule has 108 valence electrons. The third-order valence-corrected chi connectivity index (χ3v) is 4.01. The van der Waals surface area contributed by atoms with E-state index in [0.717, 1.165) is 16.7 Å². The molecule has 0 spiro atoms. The van der Waals surface area contributed by atoms with Crippen LogP contribution in [0.4, 0.5) is 11.4 Å². The number of rotatable bonds is 5. The number of methoxy groups -OCH3 is 1. The Hall–Kier alpha value is -1.40. The average Bonchev–Trinajstić information content (AvgIpc) is 2.67. The molecule has 0 saturated heterocycles. The van der Waals surface area contributed by atoms with Crippen LogP contribution in [-0.2, 0) is 9.53 Å². The monoisotopic (exact) mass is 340 g/mol. The highest BCUT2D eigenvalue weighted by Crippen LogP contribution is 2.36. The Morgan fingerprint density at radius 2 is 2.10 bits per heavy atom. The molecule has 0 fully saturated rings. The number of fused-ring (bicyclic) bond motifs is 1. The number of carbonyl (C=O) groups excluding carboxylic acids is 2. The van der Waals surface area contributed by atoms with Crippen molar-refractivity contribution < 1.29 is 14.3 Å². The molecule has 1 aromatic rings. The van der Waals surface area contributed by atoms with Gasteiger partial charge in [-0.15, -0.1) is 0 Å². The van der Waals surface area contributed by atoms with Crippen LogP contribution in [0.15, 0.2) is 16.6 Å². The van der Waals surface area contributed by atoms with E-state index in [2.05, 4.69) is 40.0 Å². The van der Waals surface area contributed by atoms with E-state index in [9.17, 15) is 9.59 Å². The van der Waals surface area contributed by atoms with Crippen LogP contribution in [0.3, 0.4) is 0 Å². The van der Waals surface area contributed by atoms with E-state index in [1.165, 1.54) is 0 Å². The van der Waals surface area contributed by atoms with Crippen molar-refractivity contribution in [1.29, 1.82) is 0 Å². The van der Waals surface area contributed by atoms with Crippen LogP contribution in [0, 0.1) is 0 Å². The number of hydrogen-bond acceptors (Lipinski definition) is 4. The normalized spacial score (nSPS) is 15.0. The smallest absolute Gasteiger partial charge is 0.296 e. The Bertz CT molecular complexity index is 560. The maximum Gasteiger partial charge on any atom is 0.296 e. The summed E-state index contributed by atoms with van der Waals surface area (Å²) in [5.41, 5.74) is 1.92. The van der Waals surface area contributed by atoms with E-state index >= 15 is 0 Å². The zero-order valence-electron chi connectivity index (χ0n) is 11.7. The number of nitrogens with one attached hydrogen (secondary N) is 1. The standard InChI is InChI=1S/C14H17BrN2O3/c1-4-17(8(2)7-20-3)12-6-11-9(5-10(12)15)13(18)14(19)16-11/h5-6,8H,4,7H2,1-3H3,(H,16,18,19). The number of nitrogens with zero attached hydrogens (tertiary/aromatic N) is 1. The summed E-state index contributed by atoms with van der Waals surface area (Å²) in [5.74, 6) is -1.06. The summed E-state index contributed by atoms with van der Waals surface area (Å²) in [7, 11) is 1.67. The molecule has 0 bridgehead atoms. The van der Waals surface area contributed by atoms with E-state index in [4.69, 9.17) is 4.74 Å². The second-order valence-corrected chi connectivity index (χ2v) is 5.58. The van der Waals surface area contributed by atoms with Gasteiger partial charge in [-0.05, 0) is 41.9 Å². The number of carbonyl (C=O) groups is 2. The molecule has 0 aromatic heterocycles. The van der Waals surface area contributed by atoms with Gasteiger partial charge in [0.2, 0.25) is 0 Å². The van der Waals surface area contributed by atoms with Gasteiger partial charge in [0.15, 0.2) is 0 Å². The summed E-state index contributed by atoms with van der Waals surface area (Å²) in [5, 5.41) is 2.60. The first-order chi connectivity index (χ1) is 9.49. The van der Waals surface area contributed by atoms with Crippen LogP contribution in [0.2, 0.25) is 0 Å². The van der Waals surface area contributed by atoms with Gasteiger partial charge in [-0.2, -0.15) is 0 Å². The van der Waals surface area contributed by atoms with Crippen molar-refractivity contribution in [3.63, 3.8) is 0 Å². The van der Waals surface area contributed by atoms with E-state index in [0.29, 0.717) is 17.9 Å². The van der Waals surface area contributed by atoms with Crippen LogP contribution in [0.25, 0.3) is 0 Å². The number of halogens is 1. The van der Waals surface area contributed by atoms with Crippen molar-refractivity contribution in [2.45, 2.75) is 19.9 Å². The fraction of sp³-hybridized carbons (Fsp3) is 0.429. The molecule has 0 saturated carbocycles. The summed E-state index contributed by atoms with van der Waals surface area (Å²) < 4.78 is 5.99. The summed E-state index contributed by atoms with van der Waals surface area (Å²) in [6.07, 6.45) is 0. The lowest BCUT2D eigenvalue weighted by atomic mass is 10.1. The molecule has 1 aliphatic heterocycles. The Labute approximate surface area is 126 Å². The van der Waals surface area contributed by atoms with Gasteiger partial charge in [0.1, 0.15) is 0 Å². The molecular weight excluding hydrogens is 324 g/mol. The Morgan fingerprint density at radius 1 is 1.40 bits per heavy atom. The number of benzene rings is 1. The van der Waals surface area contributed by atoms with Crippen molar-refractivity contribution in [1.82, 2.24) is 0 Å². The van der Waals surface area contributed by atoms with Gasteiger partial charge in [-0.3, -0.25) is 9.59 Å². The number of hydrogen-bond donors (Lipinski definition) is 1. The van der Waals surface area contributed by atoms with Gasteiger partial charge < -0.3 is 15.0 Å². The molecule has 1 heterocycles. The Kier molecular flexibility index (Phi) is 4.45. The number of Topliss-reactive ketones (excluding diaryl/α,β-unsaturated/α-hetero) is 1. The highest BCUT2D eigenvalue weighted by molar-refractivity contribution is 9.10. The average molecular weight is 341 g/mol. The quantitative estimate of drug-likeness (QED) is 0.836. The van der Waals surface area contributed by atoms with Crippen LogP contribution in [-0.4, -0.2) is 38.0 Å². The highest BCUT2D eigenvalue weighted by Gasteiger charge is 2.30. The van der Waals surface area contributed by atoms with Gasteiger partial charge in [-0.25, -0.2) is 0 Å². The summed E-state index contributed by atoms with van der Waals surface area (Å²) in [6.45, 7) is 5.51. The first-order valence-corrected chi connectivity index (χ1v) is 7.23. The third-order valence-electron chi connectivity index (χ3n) is 3.38. The maximum atomic E-state index is 11.7. The molecule has 5 nitrogen and oxygen atoms in total. The second-order valence-electron chi connectivity index (χ2n) is 4.72. The molecule has 1 amide bonds. The summed E-state index contributed by atoms with van der Waals surface area (Å²) >= 11 is 3.48. The van der Waals surface area contributed by atoms with Crippen molar-refractivity contribution in [2.75, 3.05) is 30.5 Å². The largest absolute Gasteiger partial charge is 0.383 e. The SMILES string of the molecule is CCN(c1cc2c(cc1Br)C(=O)C(=O)N2)C(C)COC. The van der Waals surface area contributed by atoms with Gasteiger partial charge in [-0.1, -0.05) is 0 Å². The van der Waals surface area contributed by atoms with Crippen LogP contribution in [0.1, 0.15) is 24.2 Å². The van der Waals surface area contributed by atoms with Crippen LogP contribution < -0.4 is 10.2 Å². The minimum Gasteiger partial charge on any atom is -0.383 e. The highest BCUT2D eigenvalue weighted by atomic mass is 79.9. The van der Waals surface area contributed by atoms with Crippen LogP contribution >= 0.6 is 15.9 Å². The summed E-state index contributed by atoms with van der Waals surface area (Å²) in [6, 6.07) is 3.72. The van der Waals surface area contributed by atoms with Gasteiger partial charge in [0.25, 0.3) is 11.7 Å². The molecule has 1 unspecified atom stereocenters. The maximum absolute atomic E-state index is 11.7. The number of amides is 1. The molecule has 20 heavy (non-hydrogen) atoms. The third kappa shape index (κ3) is 2.58. The van der Waals surface area contributed by atoms with Gasteiger partial charge in [0.05, 0.1) is 23.5 Å². The lowest BCUT2D eigenvalue weighted by Crippen LogP contribution is -2.36. The zero-order chi connectivity index (χ0) is 14.9. The zero-order valence-corrected chi connectivity index (χ0v) is 13.3. The van der Waals surface area contributed by atoms with E-state index in [1.807, 2.05) is 6.07 Å². The van der Waals surface area contributed by atoms with E-state index in [-0.39, 0.29) is 6.04 Å². The molecule has 1 aromatic carbocycles. The lowest BCUT2D eigenvalue weighted by molar-refractivity contribution is -0.112. The summed E-state index contributed by atoms with van der Waals surface area (Å²) in [4.78, 5) is 25.2. The van der Waals surface area contributed by atoms with Crippen molar-refractivity contribution in [3.05, 3.63) is 22.2 Å². The second kappa shape index (κ2) is 5.93. The van der Waals surface area contributed by atoms with Crippen molar-refractivity contribution in [3.8, 4) is 0 Å². The number of ketones is 1. The van der Waals surface area contributed by atoms with E-state index in [1.54, 1.807) is 13.2 Å². The van der Waals surface area contributed by atoms with Crippen molar-refractivity contribution >= 4 is 39.0 Å². The Morgan fingerprint density at radius 3 is 2.70 bits per heavy atom. The molecule has 2 rings (SSSR count). The molecule has 6 heteroatoms. The van der Waals surface area contributed by atoms with E-state index < -0.39 is 11.7 Å². The molecule has 0 radical (unpaired) electrons. The number of ether oxygens (including phenoxy) is 1. The molecular formula is C14H17BrN2O3. The van der Waals surface area contributed by atoms with Gasteiger partial charge >= 0.3 is 0 Å². The molecule has 1 aliphatic rings. The topological polar surface area (TPSA) is 58.6 Å². The first-order valence-electron chi connectivity index (χ1n) is 6.44. The first kappa shape index (κ1) is 15.0. The molecule has 1 atom stereocenters. The predicted octanol–water partition coefficient (Wildman–Crippen LogP) is 2.45. The fourth-order valence-electron chi connectivity index (χ4n) is 2.43. The minimum atomic E-state index is -0.572. The van der Waals surface area contributed by atoms with Gasteiger partial charge in [0, 0.05) is 24.2 Å². The Balaban J connectivity index is 2.41. The number of likely N-dealkylation sites (N-methyl/N-ethyl adjacent to an activating group) is 1. The minimum absolute atomic E-state index is 0.187. The fourth-order valence-corrected chi connectivity index (χ4v) is 3.00. The predicted molar refractivity (Wildman–Crippen MR) is 81.5 cm³/mol.